The summed E-state index contributed by atoms with van der Waals surface area (Å²) in [6.45, 7) is 12.9. The summed E-state index contributed by atoms with van der Waals surface area (Å²) in [5.74, 6) is 0. The van der Waals surface area contributed by atoms with E-state index in [1.165, 1.54) is 18.2 Å². The zero-order valence-corrected chi connectivity index (χ0v) is 12.1. The van der Waals surface area contributed by atoms with E-state index in [-0.39, 0.29) is 0 Å². The smallest absolute Gasteiger partial charge is 0.186 e. The Morgan fingerprint density at radius 3 is 2.20 bits per heavy atom. The van der Waals surface area contributed by atoms with E-state index in [2.05, 4.69) is 38.9 Å². The van der Waals surface area contributed by atoms with Gasteiger partial charge in [-0.1, -0.05) is 13.8 Å². The molecule has 0 aliphatic carbocycles. The molecule has 3 heteroatoms. The van der Waals surface area contributed by atoms with Crippen molar-refractivity contribution in [1.29, 1.82) is 0 Å². The molecule has 0 aromatic carbocycles. The van der Waals surface area contributed by atoms with Gasteiger partial charge in [0.25, 0.3) is 0 Å². The first-order valence-corrected chi connectivity index (χ1v) is 9.33. The lowest BCUT2D eigenvalue weighted by Gasteiger charge is -2.21. The normalized spacial score (nSPS) is 11.5. The molecule has 0 saturated carbocycles. The second-order valence-electron chi connectivity index (χ2n) is 4.45. The number of nitrogens with zero attached hydrogens (tertiary/aromatic N) is 1. The largest absolute Gasteiger partial charge is 0.418 e. The minimum Gasteiger partial charge on any atom is -0.418 e. The van der Waals surface area contributed by atoms with Gasteiger partial charge >= 0.3 is 0 Å². The Balaban J connectivity index is 3.74. The first-order valence-electron chi connectivity index (χ1n) is 6.21. The third-order valence-corrected chi connectivity index (χ3v) is 5.25. The van der Waals surface area contributed by atoms with E-state index in [1.807, 2.05) is 0 Å². The predicted octanol–water partition coefficient (Wildman–Crippen LogP) is 3.88. The van der Waals surface area contributed by atoms with Crippen molar-refractivity contribution in [2.24, 2.45) is 4.99 Å². The second kappa shape index (κ2) is 8.05. The van der Waals surface area contributed by atoms with E-state index in [1.54, 1.807) is 0 Å². The Hall–Kier alpha value is -0.153. The number of aliphatic imine (C=N–C) groups is 1. The highest BCUT2D eigenvalue weighted by molar-refractivity contribution is 6.71. The molecule has 0 unspecified atom stereocenters. The summed E-state index contributed by atoms with van der Waals surface area (Å²) in [6, 6.07) is 1.23. The quantitative estimate of drug-likeness (QED) is 0.352. The van der Waals surface area contributed by atoms with Crippen molar-refractivity contribution >= 4 is 14.0 Å². The van der Waals surface area contributed by atoms with Gasteiger partial charge in [-0.25, -0.2) is 0 Å². The summed E-state index contributed by atoms with van der Waals surface area (Å²) >= 11 is 0. The molecule has 0 bridgehead atoms. The van der Waals surface area contributed by atoms with Gasteiger partial charge in [-0.3, -0.25) is 4.99 Å². The third kappa shape index (κ3) is 7.74. The average Bonchev–Trinajstić information content (AvgIpc) is 2.18. The maximum Gasteiger partial charge on any atom is 0.186 e. The highest BCUT2D eigenvalue weighted by atomic mass is 28.4. The van der Waals surface area contributed by atoms with Crippen LogP contribution in [-0.2, 0) is 4.43 Å². The van der Waals surface area contributed by atoms with Crippen molar-refractivity contribution in [2.45, 2.75) is 59.2 Å². The van der Waals surface area contributed by atoms with Crippen molar-refractivity contribution in [1.82, 2.24) is 0 Å². The molecule has 2 nitrogen and oxygen atoms in total. The van der Waals surface area contributed by atoms with Gasteiger partial charge in [0, 0.05) is 18.9 Å². The van der Waals surface area contributed by atoms with E-state index in [0.717, 1.165) is 26.0 Å². The van der Waals surface area contributed by atoms with Crippen molar-refractivity contribution < 1.29 is 4.43 Å². The zero-order valence-electron chi connectivity index (χ0n) is 11.1. The topological polar surface area (TPSA) is 21.6 Å². The Labute approximate surface area is 96.3 Å². The van der Waals surface area contributed by atoms with Crippen LogP contribution in [0.1, 0.15) is 40.0 Å². The fraction of sp³-hybridized carbons (Fsp3) is 0.917. The summed E-state index contributed by atoms with van der Waals surface area (Å²) in [4.78, 5) is 4.61. The molecule has 0 saturated heterocycles. The maximum atomic E-state index is 5.78. The van der Waals surface area contributed by atoms with Crippen LogP contribution in [0.15, 0.2) is 4.99 Å². The van der Waals surface area contributed by atoms with Crippen LogP contribution in [0, 0.1) is 0 Å². The molecule has 0 N–H and O–H groups in total. The van der Waals surface area contributed by atoms with Gasteiger partial charge in [0.2, 0.25) is 0 Å². The minimum absolute atomic E-state index is 0.859. The predicted molar refractivity (Wildman–Crippen MR) is 71.4 cm³/mol. The van der Waals surface area contributed by atoms with Crippen molar-refractivity contribution in [3.8, 4) is 0 Å². The maximum absolute atomic E-state index is 5.78. The van der Waals surface area contributed by atoms with Crippen molar-refractivity contribution in [3.63, 3.8) is 0 Å². The van der Waals surface area contributed by atoms with Crippen LogP contribution in [0.4, 0.5) is 0 Å². The Bertz CT molecular complexity index is 184. The summed E-state index contributed by atoms with van der Waals surface area (Å²) in [7, 11) is -1.36. The standard InChI is InChI=1S/C12H27NOSi/c1-6-12(7-2)13-10-9-11-15(4,5)14-8-3/h6-11H2,1-5H3. The summed E-state index contributed by atoms with van der Waals surface area (Å²) in [5.41, 5.74) is 1.35. The van der Waals surface area contributed by atoms with Crippen LogP contribution in [0.2, 0.25) is 19.1 Å². The molecule has 0 aromatic heterocycles. The molecule has 0 aliphatic rings. The second-order valence-corrected chi connectivity index (χ2v) is 8.76. The first kappa shape index (κ1) is 14.8. The fourth-order valence-corrected chi connectivity index (χ4v) is 3.61. The van der Waals surface area contributed by atoms with E-state index in [9.17, 15) is 0 Å². The highest BCUT2D eigenvalue weighted by Crippen LogP contribution is 2.13. The molecule has 90 valence electrons. The lowest BCUT2D eigenvalue weighted by molar-refractivity contribution is 0.328. The molecule has 0 atom stereocenters. The molecular weight excluding hydrogens is 202 g/mol. The lowest BCUT2D eigenvalue weighted by atomic mass is 10.2. The molecule has 0 aliphatic heterocycles. The number of hydrogen-bond acceptors (Lipinski definition) is 2. The van der Waals surface area contributed by atoms with Crippen LogP contribution < -0.4 is 0 Å². The summed E-state index contributed by atoms with van der Waals surface area (Å²) < 4.78 is 5.78. The third-order valence-electron chi connectivity index (χ3n) is 2.62. The Morgan fingerprint density at radius 2 is 1.73 bits per heavy atom. The van der Waals surface area contributed by atoms with Gasteiger partial charge in [-0.05, 0) is 45.3 Å². The molecule has 15 heavy (non-hydrogen) atoms. The Kier molecular flexibility index (Phi) is 7.97. The number of rotatable bonds is 8. The van der Waals surface area contributed by atoms with Gasteiger partial charge < -0.3 is 4.43 Å². The summed E-state index contributed by atoms with van der Waals surface area (Å²) in [6.07, 6.45) is 3.38. The monoisotopic (exact) mass is 229 g/mol. The van der Waals surface area contributed by atoms with Gasteiger partial charge in [0.1, 0.15) is 0 Å². The minimum atomic E-state index is -1.36. The van der Waals surface area contributed by atoms with Gasteiger partial charge in [0.15, 0.2) is 8.32 Å². The van der Waals surface area contributed by atoms with Crippen LogP contribution in [0.5, 0.6) is 0 Å². The van der Waals surface area contributed by atoms with E-state index < -0.39 is 8.32 Å². The average molecular weight is 229 g/mol. The van der Waals surface area contributed by atoms with E-state index in [4.69, 9.17) is 4.43 Å². The van der Waals surface area contributed by atoms with Crippen LogP contribution in [0.25, 0.3) is 0 Å². The highest BCUT2D eigenvalue weighted by Gasteiger charge is 2.20. The summed E-state index contributed by atoms with van der Waals surface area (Å²) in [5, 5.41) is 0. The zero-order chi connectivity index (χ0) is 11.7. The molecule has 0 radical (unpaired) electrons. The van der Waals surface area contributed by atoms with Crippen molar-refractivity contribution in [3.05, 3.63) is 0 Å². The molecule has 0 rings (SSSR count). The van der Waals surface area contributed by atoms with Gasteiger partial charge in [-0.2, -0.15) is 0 Å². The molecule has 0 spiro atoms. The number of hydrogen-bond donors (Lipinski definition) is 0. The molecule has 0 amide bonds. The van der Waals surface area contributed by atoms with Crippen molar-refractivity contribution in [2.75, 3.05) is 13.2 Å². The molecule has 0 fully saturated rings. The van der Waals surface area contributed by atoms with E-state index in [0.29, 0.717) is 0 Å². The van der Waals surface area contributed by atoms with Gasteiger partial charge in [-0.15, -0.1) is 0 Å². The van der Waals surface area contributed by atoms with Crippen LogP contribution in [-0.4, -0.2) is 27.2 Å². The Morgan fingerprint density at radius 1 is 1.13 bits per heavy atom. The first-order chi connectivity index (χ1) is 7.05. The molecule has 0 heterocycles. The van der Waals surface area contributed by atoms with Gasteiger partial charge in [0.05, 0.1) is 0 Å². The SMILES string of the molecule is CCO[Si](C)(C)CCCN=C(CC)CC. The lowest BCUT2D eigenvalue weighted by Crippen LogP contribution is -2.30. The molecule has 0 aromatic rings. The molecular formula is C12H27NOSi. The van der Waals surface area contributed by atoms with E-state index >= 15 is 0 Å². The van der Waals surface area contributed by atoms with Crippen LogP contribution in [0.3, 0.4) is 0 Å². The van der Waals surface area contributed by atoms with Crippen LogP contribution >= 0.6 is 0 Å². The fourth-order valence-electron chi connectivity index (χ4n) is 1.68.